The summed E-state index contributed by atoms with van der Waals surface area (Å²) in [5.41, 5.74) is 7.31. The van der Waals surface area contributed by atoms with Crippen molar-refractivity contribution in [1.82, 2.24) is 30.9 Å². The first kappa shape index (κ1) is 14.3. The Balaban J connectivity index is 1.29. The van der Waals surface area contributed by atoms with Gasteiger partial charge in [-0.15, -0.1) is 0 Å². The molecule has 2 fully saturated rings. The second-order valence-corrected chi connectivity index (χ2v) is 6.21. The van der Waals surface area contributed by atoms with E-state index in [0.29, 0.717) is 12.6 Å². The summed E-state index contributed by atoms with van der Waals surface area (Å²) in [6.45, 7) is 0.484. The van der Waals surface area contributed by atoms with Crippen molar-refractivity contribution >= 4 is 5.91 Å². The number of hydrazine groups is 1. The van der Waals surface area contributed by atoms with Gasteiger partial charge < -0.3 is 5.32 Å². The quantitative estimate of drug-likeness (QED) is 0.750. The van der Waals surface area contributed by atoms with Crippen LogP contribution in [0.1, 0.15) is 24.8 Å². The molecule has 0 radical (unpaired) electrons. The van der Waals surface area contributed by atoms with E-state index >= 15 is 0 Å². The summed E-state index contributed by atoms with van der Waals surface area (Å²) in [4.78, 5) is 16.6. The lowest BCUT2D eigenvalue weighted by atomic mass is 10.1. The number of pyridine rings is 1. The van der Waals surface area contributed by atoms with Gasteiger partial charge in [0.1, 0.15) is 6.04 Å². The number of aromatic nitrogens is 3. The van der Waals surface area contributed by atoms with Gasteiger partial charge in [0, 0.05) is 31.2 Å². The number of hydrogen-bond acceptors (Lipinski definition) is 5. The van der Waals surface area contributed by atoms with E-state index < -0.39 is 0 Å². The third kappa shape index (κ3) is 3.25. The largest absolute Gasteiger partial charge is 0.351 e. The second kappa shape index (κ2) is 6.10. The number of amides is 1. The Hall–Kier alpha value is -2.25. The predicted molar refractivity (Wildman–Crippen MR) is 84.4 cm³/mol. The average Bonchev–Trinajstić information content (AvgIpc) is 3.10. The summed E-state index contributed by atoms with van der Waals surface area (Å²) in [7, 11) is 0. The molecule has 7 heteroatoms. The molecule has 4 rings (SSSR count). The lowest BCUT2D eigenvalue weighted by Crippen LogP contribution is -2.43. The topological polar surface area (TPSA) is 83.9 Å². The minimum atomic E-state index is -0.142. The summed E-state index contributed by atoms with van der Waals surface area (Å²) in [5, 5.41) is 7.11. The highest BCUT2D eigenvalue weighted by atomic mass is 16.2. The maximum absolute atomic E-state index is 12.2. The van der Waals surface area contributed by atoms with Gasteiger partial charge in [0.25, 0.3) is 0 Å². The number of nitrogens with zero attached hydrogens (tertiary/aromatic N) is 3. The molecule has 2 aromatic heterocycles. The maximum atomic E-state index is 12.2. The molecule has 1 aliphatic heterocycles. The minimum Gasteiger partial charge on any atom is -0.351 e. The second-order valence-electron chi connectivity index (χ2n) is 6.21. The van der Waals surface area contributed by atoms with Crippen molar-refractivity contribution in [3.05, 3.63) is 42.4 Å². The molecule has 1 saturated carbocycles. The molecular weight excluding hydrogens is 292 g/mol. The van der Waals surface area contributed by atoms with Crippen LogP contribution in [0, 0.1) is 5.92 Å². The monoisotopic (exact) mass is 312 g/mol. The molecular formula is C16H20N6O. The number of nitrogens with one attached hydrogen (secondary N) is 3. The Bertz CT molecular complexity index is 664. The third-order valence-corrected chi connectivity index (χ3v) is 4.46. The lowest BCUT2D eigenvalue weighted by molar-refractivity contribution is -0.123. The van der Waals surface area contributed by atoms with Crippen molar-refractivity contribution in [2.75, 3.05) is 0 Å². The SMILES string of the molecule is O=C(NCc1ccc(-n2cccn2)nc1)C1CC(C2CC2)NN1. The van der Waals surface area contributed by atoms with Crippen molar-refractivity contribution in [2.45, 2.75) is 37.9 Å². The summed E-state index contributed by atoms with van der Waals surface area (Å²) in [6.07, 6.45) is 8.76. The maximum Gasteiger partial charge on any atom is 0.238 e. The van der Waals surface area contributed by atoms with Crippen LogP contribution in [0.4, 0.5) is 0 Å². The molecule has 2 aromatic rings. The highest BCUT2D eigenvalue weighted by molar-refractivity contribution is 5.82. The third-order valence-electron chi connectivity index (χ3n) is 4.46. The van der Waals surface area contributed by atoms with Crippen molar-refractivity contribution < 1.29 is 4.79 Å². The van der Waals surface area contributed by atoms with E-state index in [0.717, 1.165) is 23.7 Å². The van der Waals surface area contributed by atoms with Gasteiger partial charge in [-0.3, -0.25) is 10.2 Å². The fraction of sp³-hybridized carbons (Fsp3) is 0.438. The molecule has 2 unspecified atom stereocenters. The van der Waals surface area contributed by atoms with Crippen LogP contribution in [-0.2, 0) is 11.3 Å². The Morgan fingerprint density at radius 2 is 2.26 bits per heavy atom. The van der Waals surface area contributed by atoms with Gasteiger partial charge in [0.2, 0.25) is 5.91 Å². The Morgan fingerprint density at radius 1 is 1.35 bits per heavy atom. The molecule has 2 aliphatic rings. The molecule has 1 saturated heterocycles. The van der Waals surface area contributed by atoms with Crippen LogP contribution in [0.2, 0.25) is 0 Å². The van der Waals surface area contributed by atoms with E-state index in [-0.39, 0.29) is 11.9 Å². The van der Waals surface area contributed by atoms with E-state index in [2.05, 4.69) is 26.3 Å². The van der Waals surface area contributed by atoms with Gasteiger partial charge in [-0.25, -0.2) is 15.1 Å². The van der Waals surface area contributed by atoms with E-state index in [1.165, 1.54) is 12.8 Å². The zero-order valence-electron chi connectivity index (χ0n) is 12.8. The molecule has 1 aliphatic carbocycles. The smallest absolute Gasteiger partial charge is 0.238 e. The molecule has 3 N–H and O–H groups in total. The van der Waals surface area contributed by atoms with E-state index in [1.807, 2.05) is 24.4 Å². The van der Waals surface area contributed by atoms with Gasteiger partial charge in [0.05, 0.1) is 0 Å². The molecule has 23 heavy (non-hydrogen) atoms. The fourth-order valence-corrected chi connectivity index (χ4v) is 2.93. The zero-order chi connectivity index (χ0) is 15.6. The van der Waals surface area contributed by atoms with Crippen LogP contribution < -0.4 is 16.2 Å². The van der Waals surface area contributed by atoms with Crippen molar-refractivity contribution in [3.8, 4) is 5.82 Å². The highest BCUT2D eigenvalue weighted by Gasteiger charge is 2.38. The van der Waals surface area contributed by atoms with Crippen molar-refractivity contribution in [1.29, 1.82) is 0 Å². The predicted octanol–water partition coefficient (Wildman–Crippen LogP) is 0.529. The molecule has 0 spiro atoms. The summed E-state index contributed by atoms with van der Waals surface area (Å²) in [5.74, 6) is 1.55. The van der Waals surface area contributed by atoms with Crippen LogP contribution in [0.3, 0.4) is 0 Å². The van der Waals surface area contributed by atoms with E-state index in [4.69, 9.17) is 0 Å². The zero-order valence-corrected chi connectivity index (χ0v) is 12.8. The van der Waals surface area contributed by atoms with Crippen LogP contribution in [-0.4, -0.2) is 32.8 Å². The number of carbonyl (C=O) groups is 1. The highest BCUT2D eigenvalue weighted by Crippen LogP contribution is 2.35. The molecule has 0 aromatic carbocycles. The van der Waals surface area contributed by atoms with Crippen LogP contribution in [0.25, 0.3) is 5.82 Å². The summed E-state index contributed by atoms with van der Waals surface area (Å²) >= 11 is 0. The Labute approximate surface area is 134 Å². The molecule has 3 heterocycles. The van der Waals surface area contributed by atoms with Crippen molar-refractivity contribution in [2.24, 2.45) is 5.92 Å². The van der Waals surface area contributed by atoms with Gasteiger partial charge in [-0.05, 0) is 42.9 Å². The first-order valence-electron chi connectivity index (χ1n) is 8.03. The molecule has 2 atom stereocenters. The number of hydrogen-bond donors (Lipinski definition) is 3. The first-order valence-corrected chi connectivity index (χ1v) is 8.03. The van der Waals surface area contributed by atoms with Crippen LogP contribution in [0.5, 0.6) is 0 Å². The fourth-order valence-electron chi connectivity index (χ4n) is 2.93. The van der Waals surface area contributed by atoms with Crippen LogP contribution >= 0.6 is 0 Å². The number of carbonyl (C=O) groups excluding carboxylic acids is 1. The van der Waals surface area contributed by atoms with Gasteiger partial charge in [0.15, 0.2) is 5.82 Å². The molecule has 120 valence electrons. The Morgan fingerprint density at radius 3 is 2.96 bits per heavy atom. The van der Waals surface area contributed by atoms with E-state index in [1.54, 1.807) is 17.1 Å². The summed E-state index contributed by atoms with van der Waals surface area (Å²) in [6, 6.07) is 6.01. The van der Waals surface area contributed by atoms with Crippen molar-refractivity contribution in [3.63, 3.8) is 0 Å². The first-order chi connectivity index (χ1) is 11.3. The average molecular weight is 312 g/mol. The van der Waals surface area contributed by atoms with Gasteiger partial charge in [-0.1, -0.05) is 6.07 Å². The standard InChI is InChI=1S/C16H20N6O/c23-16(14-8-13(20-21-14)12-3-4-12)18-10-11-2-5-15(17-9-11)22-7-1-6-19-22/h1-2,5-7,9,12-14,20-21H,3-4,8,10H2,(H,18,23). The van der Waals surface area contributed by atoms with Gasteiger partial charge >= 0.3 is 0 Å². The molecule has 1 amide bonds. The number of rotatable bonds is 5. The molecule has 0 bridgehead atoms. The van der Waals surface area contributed by atoms with Gasteiger partial charge in [-0.2, -0.15) is 5.10 Å². The summed E-state index contributed by atoms with van der Waals surface area (Å²) < 4.78 is 1.70. The lowest BCUT2D eigenvalue weighted by Gasteiger charge is -2.10. The molecule has 7 nitrogen and oxygen atoms in total. The Kier molecular flexibility index (Phi) is 3.80. The minimum absolute atomic E-state index is 0.0387. The van der Waals surface area contributed by atoms with Crippen LogP contribution in [0.15, 0.2) is 36.8 Å². The van der Waals surface area contributed by atoms with E-state index in [9.17, 15) is 4.79 Å². The normalized spacial score (nSPS) is 23.8.